The van der Waals surface area contributed by atoms with Crippen molar-refractivity contribution in [2.24, 2.45) is 0 Å². The Morgan fingerprint density at radius 1 is 0.381 bits per heavy atom. The first kappa shape index (κ1) is 25.4. The van der Waals surface area contributed by atoms with E-state index < -0.39 is 5.41 Å². The molecule has 0 radical (unpaired) electrons. The van der Waals surface area contributed by atoms with E-state index in [0.717, 1.165) is 27.9 Å². The zero-order chi connectivity index (χ0) is 28.5. The summed E-state index contributed by atoms with van der Waals surface area (Å²) in [6.45, 7) is 0. The quantitative estimate of drug-likeness (QED) is 0.215. The van der Waals surface area contributed by atoms with Gasteiger partial charge in [0.05, 0.1) is 16.7 Å². The van der Waals surface area contributed by atoms with Gasteiger partial charge < -0.3 is 5.32 Å². The van der Waals surface area contributed by atoms with Crippen molar-refractivity contribution < 1.29 is 9.59 Å². The fourth-order valence-corrected chi connectivity index (χ4v) is 6.34. The third-order valence-electron chi connectivity index (χ3n) is 8.17. The second-order valence-electron chi connectivity index (χ2n) is 10.5. The molecule has 7 rings (SSSR count). The first-order valence-corrected chi connectivity index (χ1v) is 14.0. The Bertz CT molecular complexity index is 1830. The van der Waals surface area contributed by atoms with Crippen molar-refractivity contribution in [3.05, 3.63) is 202 Å². The van der Waals surface area contributed by atoms with Crippen molar-refractivity contribution in [3.8, 4) is 0 Å². The molecule has 200 valence electrons. The number of hydrogen-bond donors (Lipinski definition) is 1. The lowest BCUT2D eigenvalue weighted by molar-refractivity contribution is 0.0979. The molecule has 0 aliphatic heterocycles. The summed E-state index contributed by atoms with van der Waals surface area (Å²) < 4.78 is 0. The number of rotatable bonds is 6. The molecule has 6 aromatic carbocycles. The summed E-state index contributed by atoms with van der Waals surface area (Å²) in [7, 11) is 0. The number of hydrogen-bond acceptors (Lipinski definition) is 3. The maximum atomic E-state index is 13.8. The highest BCUT2D eigenvalue weighted by Crippen LogP contribution is 2.48. The summed E-state index contributed by atoms with van der Waals surface area (Å²) in [6.07, 6.45) is 0. The third-order valence-corrected chi connectivity index (χ3v) is 8.17. The molecule has 6 aromatic rings. The molecule has 0 unspecified atom stereocenters. The lowest BCUT2D eigenvalue weighted by Crippen LogP contribution is -2.32. The Morgan fingerprint density at radius 3 is 1.38 bits per heavy atom. The van der Waals surface area contributed by atoms with Crippen molar-refractivity contribution in [2.45, 2.75) is 5.41 Å². The Morgan fingerprint density at radius 2 is 0.810 bits per heavy atom. The van der Waals surface area contributed by atoms with Crippen molar-refractivity contribution in [1.82, 2.24) is 0 Å². The molecule has 0 bridgehead atoms. The normalized spacial score (nSPS) is 12.4. The van der Waals surface area contributed by atoms with Crippen LogP contribution in [0.4, 0.5) is 11.4 Å². The van der Waals surface area contributed by atoms with Crippen molar-refractivity contribution in [1.29, 1.82) is 0 Å². The fraction of sp³-hybridized carbons (Fsp3) is 0.0256. The number of benzene rings is 6. The molecule has 1 N–H and O–H groups in total. The number of carbonyl (C=O) groups is 2. The molecular formula is C39H27NO2. The summed E-state index contributed by atoms with van der Waals surface area (Å²) >= 11 is 0. The largest absolute Gasteiger partial charge is 0.355 e. The Balaban J connectivity index is 1.47. The zero-order valence-corrected chi connectivity index (χ0v) is 22.8. The minimum Gasteiger partial charge on any atom is -0.355 e. The van der Waals surface area contributed by atoms with Crippen LogP contribution >= 0.6 is 0 Å². The van der Waals surface area contributed by atoms with Crippen LogP contribution in [0, 0.1) is 0 Å². The fourth-order valence-electron chi connectivity index (χ4n) is 6.34. The molecule has 0 heterocycles. The van der Waals surface area contributed by atoms with Crippen LogP contribution in [-0.2, 0) is 5.41 Å². The molecule has 0 saturated heterocycles. The summed E-state index contributed by atoms with van der Waals surface area (Å²) in [5, 5.41) is 3.62. The molecule has 0 aromatic heterocycles. The van der Waals surface area contributed by atoms with Gasteiger partial charge in [-0.05, 0) is 34.4 Å². The second kappa shape index (κ2) is 10.5. The zero-order valence-electron chi connectivity index (χ0n) is 22.8. The van der Waals surface area contributed by atoms with Gasteiger partial charge in [0.25, 0.3) is 0 Å². The highest BCUT2D eigenvalue weighted by molar-refractivity contribution is 6.30. The molecule has 42 heavy (non-hydrogen) atoms. The summed E-state index contributed by atoms with van der Waals surface area (Å²) in [5.74, 6) is -0.287. The predicted octanol–water partition coefficient (Wildman–Crippen LogP) is 8.59. The SMILES string of the molecule is O=C1c2ccccc2C(=O)c2c(Nc3ccccc3C(c3ccccc3)(c3ccccc3)c3ccccc3)cccc21. The molecule has 0 atom stereocenters. The number of carbonyl (C=O) groups excluding carboxylic acids is 2. The van der Waals surface area contributed by atoms with Gasteiger partial charge in [-0.3, -0.25) is 9.59 Å². The summed E-state index contributed by atoms with van der Waals surface area (Å²) in [6, 6.07) is 52.3. The van der Waals surface area contributed by atoms with E-state index in [9.17, 15) is 9.59 Å². The minimum atomic E-state index is -0.672. The van der Waals surface area contributed by atoms with Crippen LogP contribution in [0.3, 0.4) is 0 Å². The minimum absolute atomic E-state index is 0.135. The van der Waals surface area contributed by atoms with Gasteiger partial charge in [-0.15, -0.1) is 0 Å². The first-order chi connectivity index (χ1) is 20.7. The van der Waals surface area contributed by atoms with Crippen LogP contribution < -0.4 is 5.32 Å². The second-order valence-corrected chi connectivity index (χ2v) is 10.5. The van der Waals surface area contributed by atoms with Crippen molar-refractivity contribution in [3.63, 3.8) is 0 Å². The van der Waals surface area contributed by atoms with Gasteiger partial charge in [0.15, 0.2) is 11.6 Å². The Labute approximate surface area is 245 Å². The lowest BCUT2D eigenvalue weighted by atomic mass is 9.64. The molecule has 3 heteroatoms. The molecule has 0 saturated carbocycles. The van der Waals surface area contributed by atoms with Crippen molar-refractivity contribution >= 4 is 22.9 Å². The highest BCUT2D eigenvalue weighted by Gasteiger charge is 2.40. The lowest BCUT2D eigenvalue weighted by Gasteiger charge is -2.38. The number of para-hydroxylation sites is 1. The van der Waals surface area contributed by atoms with E-state index in [0.29, 0.717) is 27.9 Å². The highest BCUT2D eigenvalue weighted by atomic mass is 16.1. The van der Waals surface area contributed by atoms with Gasteiger partial charge in [0.2, 0.25) is 0 Å². The van der Waals surface area contributed by atoms with Crippen LogP contribution in [0.15, 0.2) is 158 Å². The van der Waals surface area contributed by atoms with Crippen LogP contribution in [-0.4, -0.2) is 11.6 Å². The standard InChI is InChI=1S/C39H27NO2/c41-37-30-21-10-11-22-31(30)38(42)36-32(37)23-14-26-35(36)40-34-25-13-12-24-33(34)39(27-15-4-1-5-16-27,28-17-6-2-7-18-28)29-19-8-3-9-20-29/h1-26,40H. The van der Waals surface area contributed by atoms with E-state index in [-0.39, 0.29) is 11.6 Å². The maximum Gasteiger partial charge on any atom is 0.196 e. The van der Waals surface area contributed by atoms with Gasteiger partial charge in [-0.2, -0.15) is 0 Å². The molecular weight excluding hydrogens is 514 g/mol. The van der Waals surface area contributed by atoms with Gasteiger partial charge in [-0.25, -0.2) is 0 Å². The van der Waals surface area contributed by atoms with E-state index in [4.69, 9.17) is 0 Å². The Kier molecular flexibility index (Phi) is 6.33. The molecule has 0 fully saturated rings. The van der Waals surface area contributed by atoms with Crippen LogP contribution in [0.2, 0.25) is 0 Å². The van der Waals surface area contributed by atoms with Crippen LogP contribution in [0.5, 0.6) is 0 Å². The van der Waals surface area contributed by atoms with E-state index in [1.807, 2.05) is 42.5 Å². The van der Waals surface area contributed by atoms with E-state index in [2.05, 4.69) is 90.2 Å². The molecule has 3 nitrogen and oxygen atoms in total. The van der Waals surface area contributed by atoms with Crippen molar-refractivity contribution in [2.75, 3.05) is 5.32 Å². The Hall–Kier alpha value is -5.54. The smallest absolute Gasteiger partial charge is 0.196 e. The maximum absolute atomic E-state index is 13.8. The first-order valence-electron chi connectivity index (χ1n) is 14.0. The average molecular weight is 542 g/mol. The monoisotopic (exact) mass is 541 g/mol. The number of anilines is 2. The average Bonchev–Trinajstić information content (AvgIpc) is 3.06. The van der Waals surface area contributed by atoms with E-state index in [1.54, 1.807) is 30.3 Å². The molecule has 1 aliphatic carbocycles. The molecule has 1 aliphatic rings. The molecule has 0 amide bonds. The third kappa shape index (κ3) is 3.98. The van der Waals surface area contributed by atoms with Gasteiger partial charge >= 0.3 is 0 Å². The number of nitrogens with one attached hydrogen (secondary N) is 1. The van der Waals surface area contributed by atoms with E-state index >= 15 is 0 Å². The summed E-state index contributed by atoms with van der Waals surface area (Å²) in [4.78, 5) is 27.3. The van der Waals surface area contributed by atoms with E-state index in [1.165, 1.54) is 0 Å². The topological polar surface area (TPSA) is 46.2 Å². The van der Waals surface area contributed by atoms with Gasteiger partial charge in [0.1, 0.15) is 0 Å². The van der Waals surface area contributed by atoms with Crippen LogP contribution in [0.25, 0.3) is 0 Å². The number of fused-ring (bicyclic) bond motifs is 2. The summed E-state index contributed by atoms with van der Waals surface area (Å²) in [5.41, 5.74) is 6.87. The van der Waals surface area contributed by atoms with Gasteiger partial charge in [-0.1, -0.05) is 146 Å². The van der Waals surface area contributed by atoms with Crippen LogP contribution in [0.1, 0.15) is 54.1 Å². The van der Waals surface area contributed by atoms with Gasteiger partial charge in [0, 0.05) is 22.4 Å². The molecule has 0 spiro atoms. The number of ketones is 2. The predicted molar refractivity (Wildman–Crippen MR) is 168 cm³/mol.